The van der Waals surface area contributed by atoms with Crippen LogP contribution in [0.4, 0.5) is 5.82 Å². The zero-order valence-corrected chi connectivity index (χ0v) is 17.1. The molecule has 2 aliphatic heterocycles. The van der Waals surface area contributed by atoms with Crippen LogP contribution in [0.2, 0.25) is 0 Å². The fourth-order valence-corrected chi connectivity index (χ4v) is 3.75. The zero-order chi connectivity index (χ0) is 19.6. The highest BCUT2D eigenvalue weighted by atomic mass is 16.2. The zero-order valence-electron chi connectivity index (χ0n) is 17.1. The third kappa shape index (κ3) is 6.11. The Morgan fingerprint density at radius 1 is 1.04 bits per heavy atom. The number of rotatable bonds is 6. The summed E-state index contributed by atoms with van der Waals surface area (Å²) in [6.45, 7) is 7.58. The van der Waals surface area contributed by atoms with Gasteiger partial charge in [-0.3, -0.25) is 4.79 Å². The van der Waals surface area contributed by atoms with E-state index in [0.717, 1.165) is 56.9 Å². The van der Waals surface area contributed by atoms with Gasteiger partial charge in [0.25, 0.3) is 0 Å². The van der Waals surface area contributed by atoms with E-state index in [9.17, 15) is 4.79 Å². The van der Waals surface area contributed by atoms with Crippen molar-refractivity contribution in [3.05, 3.63) is 23.9 Å². The minimum Gasteiger partial charge on any atom is -0.357 e. The Labute approximate surface area is 168 Å². The quantitative estimate of drug-likeness (QED) is 0.579. The Morgan fingerprint density at radius 2 is 1.75 bits per heavy atom. The lowest BCUT2D eigenvalue weighted by Crippen LogP contribution is -2.44. The summed E-state index contributed by atoms with van der Waals surface area (Å²) in [7, 11) is 0. The van der Waals surface area contributed by atoms with Crippen LogP contribution in [0.25, 0.3) is 0 Å². The molecule has 0 spiro atoms. The summed E-state index contributed by atoms with van der Waals surface area (Å²) in [5, 5.41) is 6.36. The van der Waals surface area contributed by atoms with Gasteiger partial charge in [0.05, 0.1) is 13.1 Å². The van der Waals surface area contributed by atoms with Crippen molar-refractivity contribution in [2.45, 2.75) is 52.0 Å². The number of carbonyl (C=O) groups excluding carboxylic acids is 1. The minimum absolute atomic E-state index is 0.145. The molecule has 1 aromatic heterocycles. The lowest BCUT2D eigenvalue weighted by atomic mass is 10.2. The van der Waals surface area contributed by atoms with E-state index in [1.807, 2.05) is 18.0 Å². The van der Waals surface area contributed by atoms with Gasteiger partial charge in [-0.15, -0.1) is 0 Å². The molecule has 7 heteroatoms. The van der Waals surface area contributed by atoms with Gasteiger partial charge in [0.2, 0.25) is 5.91 Å². The Balaban J connectivity index is 1.52. The monoisotopic (exact) mass is 386 g/mol. The van der Waals surface area contributed by atoms with Gasteiger partial charge in [-0.05, 0) is 44.2 Å². The van der Waals surface area contributed by atoms with Crippen molar-refractivity contribution in [2.24, 2.45) is 4.99 Å². The van der Waals surface area contributed by atoms with E-state index in [2.05, 4.69) is 37.6 Å². The van der Waals surface area contributed by atoms with Gasteiger partial charge in [0.15, 0.2) is 5.96 Å². The van der Waals surface area contributed by atoms with Crippen molar-refractivity contribution in [1.82, 2.24) is 20.5 Å². The summed E-state index contributed by atoms with van der Waals surface area (Å²) in [4.78, 5) is 25.8. The van der Waals surface area contributed by atoms with Crippen LogP contribution in [-0.2, 0) is 11.3 Å². The smallest absolute Gasteiger partial charge is 0.241 e. The Bertz CT molecular complexity index is 631. The maximum Gasteiger partial charge on any atom is 0.241 e. The Morgan fingerprint density at radius 3 is 2.39 bits per heavy atom. The van der Waals surface area contributed by atoms with Crippen molar-refractivity contribution in [2.75, 3.05) is 44.2 Å². The van der Waals surface area contributed by atoms with E-state index in [0.29, 0.717) is 12.5 Å². The number of pyridine rings is 1. The fraction of sp³-hybridized carbons (Fsp3) is 0.667. The van der Waals surface area contributed by atoms with E-state index in [-0.39, 0.29) is 12.5 Å². The van der Waals surface area contributed by atoms with Crippen molar-refractivity contribution in [1.29, 1.82) is 0 Å². The van der Waals surface area contributed by atoms with Gasteiger partial charge in [0.1, 0.15) is 5.82 Å². The van der Waals surface area contributed by atoms with Crippen LogP contribution in [0, 0.1) is 0 Å². The molecule has 7 nitrogen and oxygen atoms in total. The number of hydrogen-bond donors (Lipinski definition) is 2. The number of likely N-dealkylation sites (tertiary alicyclic amines) is 1. The largest absolute Gasteiger partial charge is 0.357 e. The molecule has 2 aliphatic rings. The molecule has 0 saturated carbocycles. The van der Waals surface area contributed by atoms with Crippen LogP contribution in [0.1, 0.15) is 51.0 Å². The van der Waals surface area contributed by atoms with Crippen LogP contribution < -0.4 is 15.5 Å². The van der Waals surface area contributed by atoms with Gasteiger partial charge >= 0.3 is 0 Å². The van der Waals surface area contributed by atoms with Gasteiger partial charge in [-0.1, -0.05) is 18.9 Å². The summed E-state index contributed by atoms with van der Waals surface area (Å²) in [5.41, 5.74) is 1.07. The van der Waals surface area contributed by atoms with Gasteiger partial charge in [0, 0.05) is 38.9 Å². The van der Waals surface area contributed by atoms with Crippen LogP contribution in [0.15, 0.2) is 23.3 Å². The molecule has 0 aromatic carbocycles. The summed E-state index contributed by atoms with van der Waals surface area (Å²) >= 11 is 0. The number of amides is 1. The number of aliphatic imine (C=N–C) groups is 1. The third-order valence-electron chi connectivity index (χ3n) is 5.37. The Hall–Kier alpha value is -2.31. The highest BCUT2D eigenvalue weighted by Gasteiger charge is 2.17. The molecule has 1 aromatic rings. The summed E-state index contributed by atoms with van der Waals surface area (Å²) in [5.74, 6) is 1.88. The average molecular weight is 387 g/mol. The molecule has 3 rings (SSSR count). The lowest BCUT2D eigenvalue weighted by molar-refractivity contribution is -0.128. The molecular formula is C21H34N6O. The average Bonchev–Trinajstić information content (AvgIpc) is 3.13. The van der Waals surface area contributed by atoms with E-state index >= 15 is 0 Å². The first-order valence-electron chi connectivity index (χ1n) is 10.8. The molecular weight excluding hydrogens is 352 g/mol. The van der Waals surface area contributed by atoms with E-state index in [4.69, 9.17) is 0 Å². The van der Waals surface area contributed by atoms with E-state index < -0.39 is 0 Å². The van der Waals surface area contributed by atoms with E-state index in [1.165, 1.54) is 25.7 Å². The van der Waals surface area contributed by atoms with Crippen molar-refractivity contribution in [3.63, 3.8) is 0 Å². The van der Waals surface area contributed by atoms with Crippen LogP contribution in [0.3, 0.4) is 0 Å². The van der Waals surface area contributed by atoms with Crippen molar-refractivity contribution >= 4 is 17.7 Å². The molecule has 3 heterocycles. The number of hydrogen-bond acceptors (Lipinski definition) is 4. The standard InChI is InChI=1S/C21H34N6O/c1-2-22-21(25-17-20(28)27-13-7-8-14-27)24-16-18-9-10-19(23-15-18)26-11-5-3-4-6-12-26/h9-10,15H,2-8,11-14,16-17H2,1H3,(H2,22,24,25). The molecule has 2 saturated heterocycles. The maximum absolute atomic E-state index is 12.2. The topological polar surface area (TPSA) is 72.9 Å². The Kier molecular flexibility index (Phi) is 7.94. The van der Waals surface area contributed by atoms with Gasteiger partial charge < -0.3 is 20.4 Å². The number of guanidine groups is 1. The number of aromatic nitrogens is 1. The summed E-state index contributed by atoms with van der Waals surface area (Å²) < 4.78 is 0. The third-order valence-corrected chi connectivity index (χ3v) is 5.37. The number of nitrogens with one attached hydrogen (secondary N) is 2. The SMILES string of the molecule is CCNC(=NCc1ccc(N2CCCCCC2)nc1)NCC(=O)N1CCCC1. The first kappa shape index (κ1) is 20.4. The van der Waals surface area contributed by atoms with Crippen LogP contribution in [0.5, 0.6) is 0 Å². The molecule has 154 valence electrons. The van der Waals surface area contributed by atoms with Gasteiger partial charge in [-0.2, -0.15) is 0 Å². The highest BCUT2D eigenvalue weighted by Crippen LogP contribution is 2.17. The van der Waals surface area contributed by atoms with Gasteiger partial charge in [-0.25, -0.2) is 9.98 Å². The predicted octanol–water partition coefficient (Wildman–Crippen LogP) is 2.14. The van der Waals surface area contributed by atoms with Crippen LogP contribution >= 0.6 is 0 Å². The van der Waals surface area contributed by atoms with E-state index in [1.54, 1.807) is 0 Å². The normalized spacial score (nSPS) is 18.1. The fourth-order valence-electron chi connectivity index (χ4n) is 3.75. The first-order valence-corrected chi connectivity index (χ1v) is 10.8. The van der Waals surface area contributed by atoms with Crippen LogP contribution in [-0.4, -0.2) is 61.0 Å². The second kappa shape index (κ2) is 10.9. The first-order chi connectivity index (χ1) is 13.8. The molecule has 2 fully saturated rings. The molecule has 0 atom stereocenters. The summed E-state index contributed by atoms with van der Waals surface area (Å²) in [6, 6.07) is 4.21. The predicted molar refractivity (Wildman–Crippen MR) is 114 cm³/mol. The number of anilines is 1. The second-order valence-corrected chi connectivity index (χ2v) is 7.56. The summed E-state index contributed by atoms with van der Waals surface area (Å²) in [6.07, 6.45) is 9.29. The highest BCUT2D eigenvalue weighted by molar-refractivity contribution is 5.86. The minimum atomic E-state index is 0.145. The number of nitrogens with zero attached hydrogens (tertiary/aromatic N) is 4. The molecule has 0 bridgehead atoms. The second-order valence-electron chi connectivity index (χ2n) is 7.56. The molecule has 0 unspecified atom stereocenters. The maximum atomic E-state index is 12.2. The van der Waals surface area contributed by atoms with Crippen molar-refractivity contribution < 1.29 is 4.79 Å². The number of carbonyl (C=O) groups is 1. The molecule has 28 heavy (non-hydrogen) atoms. The molecule has 0 aliphatic carbocycles. The molecule has 2 N–H and O–H groups in total. The van der Waals surface area contributed by atoms with Crippen molar-refractivity contribution in [3.8, 4) is 0 Å². The molecule has 0 radical (unpaired) electrons. The lowest BCUT2D eigenvalue weighted by Gasteiger charge is -2.21. The molecule has 1 amide bonds.